The third-order valence-corrected chi connectivity index (χ3v) is 3.88. The van der Waals surface area contributed by atoms with Crippen molar-refractivity contribution in [2.75, 3.05) is 26.1 Å². The summed E-state index contributed by atoms with van der Waals surface area (Å²) in [6.45, 7) is 2.26. The molecule has 0 heterocycles. The highest BCUT2D eigenvalue weighted by Crippen LogP contribution is 2.26. The first-order chi connectivity index (χ1) is 12.9. The summed E-state index contributed by atoms with van der Waals surface area (Å²) in [5.41, 5.74) is 0.628. The number of esters is 2. The van der Waals surface area contributed by atoms with E-state index in [0.717, 1.165) is 0 Å². The Bertz CT molecular complexity index is 880. The number of benzene rings is 2. The molecular formula is C19H18ClNO6. The number of hydrogen-bond acceptors (Lipinski definition) is 6. The molecule has 0 bridgehead atoms. The lowest BCUT2D eigenvalue weighted by molar-refractivity contribution is 0.0587. The average Bonchev–Trinajstić information content (AvgIpc) is 2.68. The van der Waals surface area contributed by atoms with Crippen LogP contribution >= 0.6 is 11.6 Å². The van der Waals surface area contributed by atoms with Crippen molar-refractivity contribution in [3.63, 3.8) is 0 Å². The van der Waals surface area contributed by atoms with Gasteiger partial charge in [-0.15, -0.1) is 0 Å². The molecule has 0 saturated heterocycles. The van der Waals surface area contributed by atoms with Crippen molar-refractivity contribution in [1.29, 1.82) is 0 Å². The van der Waals surface area contributed by atoms with E-state index in [4.69, 9.17) is 21.1 Å². The number of anilines is 1. The minimum absolute atomic E-state index is 0.0931. The molecule has 2 aromatic rings. The molecule has 27 heavy (non-hydrogen) atoms. The highest BCUT2D eigenvalue weighted by Gasteiger charge is 2.18. The third-order valence-electron chi connectivity index (χ3n) is 3.59. The highest BCUT2D eigenvalue weighted by molar-refractivity contribution is 6.32. The van der Waals surface area contributed by atoms with E-state index < -0.39 is 17.8 Å². The molecule has 0 spiro atoms. The van der Waals surface area contributed by atoms with E-state index in [1.54, 1.807) is 6.07 Å². The zero-order valence-corrected chi connectivity index (χ0v) is 15.8. The van der Waals surface area contributed by atoms with E-state index in [1.807, 2.05) is 6.92 Å². The fourth-order valence-corrected chi connectivity index (χ4v) is 2.52. The van der Waals surface area contributed by atoms with Gasteiger partial charge >= 0.3 is 11.9 Å². The van der Waals surface area contributed by atoms with Crippen molar-refractivity contribution >= 4 is 35.1 Å². The van der Waals surface area contributed by atoms with Gasteiger partial charge in [0.15, 0.2) is 0 Å². The van der Waals surface area contributed by atoms with E-state index in [-0.39, 0.29) is 27.4 Å². The smallest absolute Gasteiger partial charge is 0.339 e. The van der Waals surface area contributed by atoms with Gasteiger partial charge in [0.1, 0.15) is 5.75 Å². The fraction of sp³-hybridized carbons (Fsp3) is 0.211. The summed E-state index contributed by atoms with van der Waals surface area (Å²) in [5.74, 6) is -1.33. The quantitative estimate of drug-likeness (QED) is 0.757. The number of hydrogen-bond donors (Lipinski definition) is 1. The normalized spacial score (nSPS) is 10.1. The van der Waals surface area contributed by atoms with Crippen LogP contribution in [-0.2, 0) is 9.47 Å². The van der Waals surface area contributed by atoms with Crippen LogP contribution in [0.15, 0.2) is 36.4 Å². The van der Waals surface area contributed by atoms with Crippen molar-refractivity contribution < 1.29 is 28.6 Å². The SMILES string of the molecule is CCOc1ccc(C(=O)Nc2cc(C(=O)OC)ccc2C(=O)OC)cc1Cl. The Morgan fingerprint density at radius 3 is 2.22 bits per heavy atom. The first-order valence-electron chi connectivity index (χ1n) is 7.95. The maximum atomic E-state index is 12.6. The highest BCUT2D eigenvalue weighted by atomic mass is 35.5. The Morgan fingerprint density at radius 2 is 1.63 bits per heavy atom. The Kier molecular flexibility index (Phi) is 6.79. The minimum Gasteiger partial charge on any atom is -0.492 e. The average molecular weight is 392 g/mol. The Labute approximate surface area is 161 Å². The largest absolute Gasteiger partial charge is 0.492 e. The Balaban J connectivity index is 2.36. The van der Waals surface area contributed by atoms with Crippen molar-refractivity contribution in [2.45, 2.75) is 6.92 Å². The lowest BCUT2D eigenvalue weighted by Gasteiger charge is -2.12. The van der Waals surface area contributed by atoms with Gasteiger partial charge in [-0.1, -0.05) is 11.6 Å². The van der Waals surface area contributed by atoms with Crippen molar-refractivity contribution in [3.05, 3.63) is 58.1 Å². The molecule has 7 nitrogen and oxygen atoms in total. The second-order valence-corrected chi connectivity index (χ2v) is 5.68. The van der Waals surface area contributed by atoms with Gasteiger partial charge in [-0.2, -0.15) is 0 Å². The van der Waals surface area contributed by atoms with Crippen molar-refractivity contribution in [2.24, 2.45) is 0 Å². The predicted molar refractivity (Wildman–Crippen MR) is 99.7 cm³/mol. The molecule has 0 unspecified atom stereocenters. The van der Waals surface area contributed by atoms with Crippen LogP contribution in [0.25, 0.3) is 0 Å². The molecule has 0 fully saturated rings. The topological polar surface area (TPSA) is 90.9 Å². The van der Waals surface area contributed by atoms with Gasteiger partial charge in [0.05, 0.1) is 42.7 Å². The minimum atomic E-state index is -0.661. The number of ether oxygens (including phenoxy) is 3. The van der Waals surface area contributed by atoms with Crippen LogP contribution in [0.4, 0.5) is 5.69 Å². The summed E-state index contributed by atoms with van der Waals surface area (Å²) < 4.78 is 14.7. The van der Waals surface area contributed by atoms with E-state index >= 15 is 0 Å². The molecule has 142 valence electrons. The Hall–Kier alpha value is -3.06. The van der Waals surface area contributed by atoms with E-state index in [9.17, 15) is 14.4 Å². The van der Waals surface area contributed by atoms with Gasteiger partial charge in [0, 0.05) is 5.56 Å². The van der Waals surface area contributed by atoms with Gasteiger partial charge in [0.2, 0.25) is 0 Å². The number of amides is 1. The summed E-state index contributed by atoms with van der Waals surface area (Å²) in [7, 11) is 2.45. The van der Waals surface area contributed by atoms with Crippen LogP contribution in [0.5, 0.6) is 5.75 Å². The summed E-state index contributed by atoms with van der Waals surface area (Å²) >= 11 is 6.10. The standard InChI is InChI=1S/C19H18ClNO6/c1-4-27-16-8-6-11(9-14(16)20)17(22)21-15-10-12(18(23)25-2)5-7-13(15)19(24)26-3/h5-10H,4H2,1-3H3,(H,21,22). The van der Waals surface area contributed by atoms with Gasteiger partial charge < -0.3 is 19.5 Å². The van der Waals surface area contributed by atoms with Crippen LogP contribution in [0.2, 0.25) is 5.02 Å². The summed E-state index contributed by atoms with van der Waals surface area (Å²) in [6.07, 6.45) is 0. The van der Waals surface area contributed by atoms with Gasteiger partial charge in [-0.25, -0.2) is 9.59 Å². The summed E-state index contributed by atoms with van der Waals surface area (Å²) in [4.78, 5) is 36.3. The predicted octanol–water partition coefficient (Wildman–Crippen LogP) is 3.56. The first-order valence-corrected chi connectivity index (χ1v) is 8.33. The maximum absolute atomic E-state index is 12.6. The van der Waals surface area contributed by atoms with Crippen LogP contribution in [0.3, 0.4) is 0 Å². The molecule has 8 heteroatoms. The third kappa shape index (κ3) is 4.77. The molecule has 0 aromatic heterocycles. The van der Waals surface area contributed by atoms with Crippen LogP contribution < -0.4 is 10.1 Å². The van der Waals surface area contributed by atoms with Crippen molar-refractivity contribution in [1.82, 2.24) is 0 Å². The molecule has 0 radical (unpaired) electrons. The molecule has 2 rings (SSSR count). The molecule has 1 amide bonds. The number of halogens is 1. The van der Waals surface area contributed by atoms with Gasteiger partial charge in [0.25, 0.3) is 5.91 Å². The maximum Gasteiger partial charge on any atom is 0.339 e. The lowest BCUT2D eigenvalue weighted by atomic mass is 10.1. The van der Waals surface area contributed by atoms with Crippen LogP contribution in [-0.4, -0.2) is 38.7 Å². The zero-order chi connectivity index (χ0) is 20.0. The number of carbonyl (C=O) groups is 3. The number of methoxy groups -OCH3 is 2. The van der Waals surface area contributed by atoms with E-state index in [1.165, 1.54) is 44.6 Å². The molecule has 0 atom stereocenters. The van der Waals surface area contributed by atoms with E-state index in [2.05, 4.69) is 10.1 Å². The molecule has 2 aromatic carbocycles. The molecule has 0 aliphatic rings. The summed E-state index contributed by atoms with van der Waals surface area (Å²) in [5, 5.41) is 2.87. The van der Waals surface area contributed by atoms with Crippen molar-refractivity contribution in [3.8, 4) is 5.75 Å². The summed E-state index contributed by atoms with van der Waals surface area (Å²) in [6, 6.07) is 8.68. The zero-order valence-electron chi connectivity index (χ0n) is 15.0. The first kappa shape index (κ1) is 20.3. The van der Waals surface area contributed by atoms with E-state index in [0.29, 0.717) is 12.4 Å². The number of carbonyl (C=O) groups excluding carboxylic acids is 3. The second kappa shape index (κ2) is 9.05. The monoisotopic (exact) mass is 391 g/mol. The second-order valence-electron chi connectivity index (χ2n) is 5.28. The number of rotatable bonds is 6. The lowest BCUT2D eigenvalue weighted by Crippen LogP contribution is -2.16. The molecule has 0 aliphatic carbocycles. The molecule has 0 aliphatic heterocycles. The molecule has 0 saturated carbocycles. The van der Waals surface area contributed by atoms with Crippen LogP contribution in [0.1, 0.15) is 38.0 Å². The van der Waals surface area contributed by atoms with Crippen LogP contribution in [0, 0.1) is 0 Å². The number of nitrogens with one attached hydrogen (secondary N) is 1. The van der Waals surface area contributed by atoms with Gasteiger partial charge in [-0.05, 0) is 43.3 Å². The molecular weight excluding hydrogens is 374 g/mol. The molecule has 1 N–H and O–H groups in total. The Morgan fingerprint density at radius 1 is 0.963 bits per heavy atom. The fourth-order valence-electron chi connectivity index (χ4n) is 2.29. The van der Waals surface area contributed by atoms with Gasteiger partial charge in [-0.3, -0.25) is 4.79 Å².